The minimum absolute atomic E-state index is 0.0326. The van der Waals surface area contributed by atoms with Crippen molar-refractivity contribution >= 4 is 57.0 Å². The van der Waals surface area contributed by atoms with Crippen molar-refractivity contribution in [3.8, 4) is 11.1 Å². The number of aliphatic hydroxyl groups excluding tert-OH is 1. The Morgan fingerprint density at radius 1 is 0.871 bits per heavy atom. The molecule has 4 atom stereocenters. The lowest BCUT2D eigenvalue weighted by molar-refractivity contribution is -0.108. The van der Waals surface area contributed by atoms with Gasteiger partial charge in [0.15, 0.2) is 0 Å². The number of aldehydes is 1. The van der Waals surface area contributed by atoms with Gasteiger partial charge in [-0.3, -0.25) is 9.69 Å². The number of aliphatic hydroxyl groups is 1. The molecule has 1 fully saturated rings. The first-order chi connectivity index (χ1) is 30.0. The van der Waals surface area contributed by atoms with Gasteiger partial charge in [0, 0.05) is 89.8 Å². The Balaban J connectivity index is 1.08. The number of rotatable bonds is 23. The van der Waals surface area contributed by atoms with Crippen LogP contribution in [0.25, 0.3) is 11.1 Å². The van der Waals surface area contributed by atoms with Gasteiger partial charge in [-0.25, -0.2) is 13.1 Å². The van der Waals surface area contributed by atoms with Crippen molar-refractivity contribution in [2.45, 2.75) is 92.9 Å². The van der Waals surface area contributed by atoms with Gasteiger partial charge in [-0.2, -0.15) is 0 Å². The molecule has 5 aromatic carbocycles. The van der Waals surface area contributed by atoms with Crippen LogP contribution < -0.4 is 20.7 Å². The van der Waals surface area contributed by atoms with Gasteiger partial charge in [-0.1, -0.05) is 66.2 Å². The van der Waals surface area contributed by atoms with Crippen LogP contribution in [0.3, 0.4) is 0 Å². The SMILES string of the molecule is CC1CCC(C)N1CC[C@H](CSc1ccccc1)Nc1ccc(S(=O)(=O)NC(=O)c2ccc(NCCNCc3ccccc3-c3ccc(Cl)cc3)cc2)cc1CC(O)CCC=O. The molecule has 1 amide bonds. The van der Waals surface area contributed by atoms with Gasteiger partial charge in [-0.15, -0.1) is 11.8 Å². The van der Waals surface area contributed by atoms with Crippen LogP contribution in [-0.4, -0.2) is 80.2 Å². The van der Waals surface area contributed by atoms with Crippen LogP contribution in [0.15, 0.2) is 131 Å². The largest absolute Gasteiger partial charge is 0.393 e. The zero-order valence-corrected chi connectivity index (χ0v) is 37.8. The molecule has 5 aromatic rings. The molecular weight excluding hydrogens is 838 g/mol. The Hall–Kier alpha value is -4.69. The van der Waals surface area contributed by atoms with E-state index in [1.807, 2.05) is 54.6 Å². The fraction of sp³-hybridized carbons (Fsp3) is 0.347. The molecule has 0 aliphatic carbocycles. The monoisotopic (exact) mass is 895 g/mol. The maximum absolute atomic E-state index is 13.7. The number of benzene rings is 5. The van der Waals surface area contributed by atoms with Gasteiger partial charge in [0.2, 0.25) is 0 Å². The lowest BCUT2D eigenvalue weighted by atomic mass is 10.00. The van der Waals surface area contributed by atoms with Crippen LogP contribution in [0, 0.1) is 0 Å². The third kappa shape index (κ3) is 13.7. The summed E-state index contributed by atoms with van der Waals surface area (Å²) >= 11 is 7.85. The standard InChI is InChI=1S/C49H58ClN5O5S2/c1-35-14-15-36(2)55(35)29-26-43(34-61-45-11-4-3-5-12-45)53-48-25-24-46(32-40(48)31-44(57)10-8-30-56)62(59,60)54-49(58)38-18-22-42(23-19-38)52-28-27-51-33-39-9-6-7-13-47(39)37-16-20-41(50)21-17-37/h3-7,9,11-13,16-25,30,32,35-36,43-44,51-53,57H,8,10,14-15,26-29,31,33-34H2,1-2H3,(H,54,58)/t35?,36?,43-,44?/m1/s1. The number of nitrogens with zero attached hydrogens (tertiary/aromatic N) is 1. The van der Waals surface area contributed by atoms with Crippen molar-refractivity contribution in [3.05, 3.63) is 143 Å². The van der Waals surface area contributed by atoms with Crippen molar-refractivity contribution < 1.29 is 23.1 Å². The number of carbonyl (C=O) groups is 2. The second-order valence-electron chi connectivity index (χ2n) is 16.0. The van der Waals surface area contributed by atoms with Crippen LogP contribution in [-0.2, 0) is 27.8 Å². The Kier molecular flexibility index (Phi) is 17.5. The van der Waals surface area contributed by atoms with Gasteiger partial charge in [0.25, 0.3) is 15.9 Å². The highest BCUT2D eigenvalue weighted by molar-refractivity contribution is 7.99. The number of likely N-dealkylation sites (tertiary alicyclic amines) is 1. The molecule has 3 unspecified atom stereocenters. The molecular formula is C49H58ClN5O5S2. The normalized spacial score (nSPS) is 16.4. The number of amides is 1. The molecule has 0 spiro atoms. The summed E-state index contributed by atoms with van der Waals surface area (Å²) < 4.78 is 29.7. The molecule has 10 nitrogen and oxygen atoms in total. The zero-order chi connectivity index (χ0) is 43.9. The van der Waals surface area contributed by atoms with Gasteiger partial charge in [0.1, 0.15) is 6.29 Å². The first kappa shape index (κ1) is 46.8. The number of anilines is 2. The van der Waals surface area contributed by atoms with Crippen molar-refractivity contribution in [2.24, 2.45) is 0 Å². The van der Waals surface area contributed by atoms with Crippen molar-refractivity contribution in [1.82, 2.24) is 14.9 Å². The minimum Gasteiger partial charge on any atom is -0.393 e. The summed E-state index contributed by atoms with van der Waals surface area (Å²) in [5.41, 5.74) is 5.70. The smallest absolute Gasteiger partial charge is 0.264 e. The molecule has 0 aromatic heterocycles. The quantitative estimate of drug-likeness (QED) is 0.0245. The zero-order valence-electron chi connectivity index (χ0n) is 35.4. The van der Waals surface area contributed by atoms with Crippen LogP contribution in [0.1, 0.15) is 67.4 Å². The molecule has 0 saturated carbocycles. The minimum atomic E-state index is -4.29. The van der Waals surface area contributed by atoms with E-state index in [-0.39, 0.29) is 35.8 Å². The predicted molar refractivity (Wildman–Crippen MR) is 254 cm³/mol. The second-order valence-corrected chi connectivity index (χ2v) is 19.2. The highest BCUT2D eigenvalue weighted by atomic mass is 35.5. The molecule has 1 saturated heterocycles. The van der Waals surface area contributed by atoms with Crippen LogP contribution in [0.4, 0.5) is 11.4 Å². The molecule has 13 heteroatoms. The summed E-state index contributed by atoms with van der Waals surface area (Å²) in [5.74, 6) is 0.0197. The molecule has 6 rings (SSSR count). The summed E-state index contributed by atoms with van der Waals surface area (Å²) in [4.78, 5) is 28.1. The van der Waals surface area contributed by atoms with E-state index < -0.39 is 22.0 Å². The van der Waals surface area contributed by atoms with Gasteiger partial charge < -0.3 is 25.9 Å². The van der Waals surface area contributed by atoms with E-state index in [1.165, 1.54) is 30.5 Å². The fourth-order valence-electron chi connectivity index (χ4n) is 7.87. The lowest BCUT2D eigenvalue weighted by Gasteiger charge is -2.29. The van der Waals surface area contributed by atoms with E-state index in [1.54, 1.807) is 42.1 Å². The summed E-state index contributed by atoms with van der Waals surface area (Å²) in [6.07, 6.45) is 3.69. The summed E-state index contributed by atoms with van der Waals surface area (Å²) in [5, 5.41) is 22.1. The Bertz CT molecular complexity index is 2310. The number of sulfonamides is 1. The van der Waals surface area contributed by atoms with E-state index in [0.29, 0.717) is 48.0 Å². The van der Waals surface area contributed by atoms with Gasteiger partial charge in [-0.05, 0) is 129 Å². The van der Waals surface area contributed by atoms with Crippen molar-refractivity contribution in [2.75, 3.05) is 36.0 Å². The first-order valence-electron chi connectivity index (χ1n) is 21.4. The van der Waals surface area contributed by atoms with E-state index in [0.717, 1.165) is 46.7 Å². The topological polar surface area (TPSA) is 140 Å². The number of halogens is 1. The number of hydrogen-bond acceptors (Lipinski definition) is 10. The molecule has 0 bridgehead atoms. The predicted octanol–water partition coefficient (Wildman–Crippen LogP) is 9.05. The summed E-state index contributed by atoms with van der Waals surface area (Å²) in [7, 11) is -4.29. The molecule has 62 heavy (non-hydrogen) atoms. The third-order valence-electron chi connectivity index (χ3n) is 11.4. The first-order valence-corrected chi connectivity index (χ1v) is 24.2. The molecule has 5 N–H and O–H groups in total. The molecule has 1 heterocycles. The van der Waals surface area contributed by atoms with E-state index in [4.69, 9.17) is 11.6 Å². The Morgan fingerprint density at radius 3 is 2.31 bits per heavy atom. The van der Waals surface area contributed by atoms with E-state index in [2.05, 4.69) is 63.7 Å². The maximum atomic E-state index is 13.7. The Morgan fingerprint density at radius 2 is 1.58 bits per heavy atom. The van der Waals surface area contributed by atoms with Crippen LogP contribution >= 0.6 is 23.4 Å². The van der Waals surface area contributed by atoms with Crippen molar-refractivity contribution in [1.29, 1.82) is 0 Å². The number of nitrogens with one attached hydrogen (secondary N) is 4. The summed E-state index contributed by atoms with van der Waals surface area (Å²) in [6, 6.07) is 38.7. The average molecular weight is 897 g/mol. The van der Waals surface area contributed by atoms with E-state index >= 15 is 0 Å². The number of hydrogen-bond donors (Lipinski definition) is 5. The highest BCUT2D eigenvalue weighted by Gasteiger charge is 2.28. The second kappa shape index (κ2) is 23.1. The third-order valence-corrected chi connectivity index (χ3v) is 14.1. The maximum Gasteiger partial charge on any atom is 0.264 e. The van der Waals surface area contributed by atoms with Crippen LogP contribution in [0.5, 0.6) is 0 Å². The van der Waals surface area contributed by atoms with Crippen LogP contribution in [0.2, 0.25) is 5.02 Å². The summed E-state index contributed by atoms with van der Waals surface area (Å²) in [6.45, 7) is 7.47. The van der Waals surface area contributed by atoms with Crippen molar-refractivity contribution in [3.63, 3.8) is 0 Å². The molecule has 0 radical (unpaired) electrons. The number of thioether (sulfide) groups is 1. The fourth-order valence-corrected chi connectivity index (χ4v) is 10.0. The molecule has 1 aliphatic heterocycles. The van der Waals surface area contributed by atoms with Gasteiger partial charge in [0.05, 0.1) is 11.0 Å². The highest BCUT2D eigenvalue weighted by Crippen LogP contribution is 2.29. The molecule has 1 aliphatic rings. The Labute approximate surface area is 376 Å². The average Bonchev–Trinajstić information content (AvgIpc) is 3.60. The lowest BCUT2D eigenvalue weighted by Crippen LogP contribution is -2.37. The molecule has 328 valence electrons. The van der Waals surface area contributed by atoms with Gasteiger partial charge >= 0.3 is 0 Å². The number of carbonyl (C=O) groups excluding carboxylic acids is 2. The van der Waals surface area contributed by atoms with E-state index in [9.17, 15) is 23.1 Å².